The van der Waals surface area contributed by atoms with Crippen molar-refractivity contribution in [2.45, 2.75) is 26.1 Å². The van der Waals surface area contributed by atoms with Gasteiger partial charge < -0.3 is 4.90 Å². The monoisotopic (exact) mass is 458 g/mol. The fraction of sp³-hybridized carbons (Fsp3) is 0.381. The number of fused-ring (bicyclic) bond motifs is 2. The van der Waals surface area contributed by atoms with E-state index in [2.05, 4.69) is 20.3 Å². The van der Waals surface area contributed by atoms with Crippen molar-refractivity contribution in [2.75, 3.05) is 6.54 Å². The Morgan fingerprint density at radius 1 is 1.06 bits per heavy atom. The van der Waals surface area contributed by atoms with Gasteiger partial charge in [0.25, 0.3) is 5.91 Å². The van der Waals surface area contributed by atoms with E-state index >= 15 is 0 Å². The van der Waals surface area contributed by atoms with Gasteiger partial charge in [0.1, 0.15) is 11.2 Å². The highest BCUT2D eigenvalue weighted by Gasteiger charge is 2.36. The molecule has 1 aliphatic heterocycles. The van der Waals surface area contributed by atoms with Crippen molar-refractivity contribution < 1.29 is 18.0 Å². The average Bonchev–Trinajstić information content (AvgIpc) is 3.40. The summed E-state index contributed by atoms with van der Waals surface area (Å²) in [4.78, 5) is 19.5. The molecular formula is C21H21F3N8O. The summed E-state index contributed by atoms with van der Waals surface area (Å²) in [7, 11) is 4.98. The van der Waals surface area contributed by atoms with E-state index < -0.39 is 11.9 Å². The molecule has 0 saturated heterocycles. The van der Waals surface area contributed by atoms with Gasteiger partial charge in [0.05, 0.1) is 35.3 Å². The van der Waals surface area contributed by atoms with Crippen LogP contribution in [0.1, 0.15) is 33.0 Å². The fourth-order valence-electron chi connectivity index (χ4n) is 4.38. The van der Waals surface area contributed by atoms with Gasteiger partial charge in [-0.3, -0.25) is 18.8 Å². The SMILES string of the molecule is Cc1cc2c(cnn2C)nc1C(=O)N1CCc2c(nn(C)c2-c2cc(C(F)(F)F)nn2C)C1. The molecule has 0 fully saturated rings. The zero-order valence-corrected chi connectivity index (χ0v) is 18.5. The van der Waals surface area contributed by atoms with Crippen LogP contribution < -0.4 is 0 Å². The van der Waals surface area contributed by atoms with Crippen LogP contribution in [0.2, 0.25) is 0 Å². The number of alkyl halides is 3. The summed E-state index contributed by atoms with van der Waals surface area (Å²) >= 11 is 0. The Morgan fingerprint density at radius 3 is 2.52 bits per heavy atom. The van der Waals surface area contributed by atoms with Crippen molar-refractivity contribution >= 4 is 16.9 Å². The van der Waals surface area contributed by atoms with Crippen LogP contribution in [0.5, 0.6) is 0 Å². The van der Waals surface area contributed by atoms with E-state index in [0.717, 1.165) is 22.7 Å². The molecule has 0 aromatic carbocycles. The van der Waals surface area contributed by atoms with Crippen molar-refractivity contribution in [3.8, 4) is 11.4 Å². The number of nitrogens with zero attached hydrogens (tertiary/aromatic N) is 8. The molecule has 1 amide bonds. The molecule has 0 N–H and O–H groups in total. The lowest BCUT2D eigenvalue weighted by Gasteiger charge is -2.26. The normalized spacial score (nSPS) is 14.2. The minimum absolute atomic E-state index is 0.212. The van der Waals surface area contributed by atoms with E-state index in [4.69, 9.17) is 0 Å². The summed E-state index contributed by atoms with van der Waals surface area (Å²) < 4.78 is 43.9. The maximum absolute atomic E-state index is 13.3. The van der Waals surface area contributed by atoms with E-state index in [1.165, 1.54) is 11.7 Å². The molecule has 0 spiro atoms. The summed E-state index contributed by atoms with van der Waals surface area (Å²) in [6.45, 7) is 2.49. The number of aromatic nitrogens is 7. The molecule has 4 aromatic rings. The Kier molecular flexibility index (Phi) is 4.59. The van der Waals surface area contributed by atoms with Gasteiger partial charge in [-0.1, -0.05) is 0 Å². The first-order chi connectivity index (χ1) is 15.5. The van der Waals surface area contributed by atoms with Gasteiger partial charge in [-0.15, -0.1) is 0 Å². The molecule has 0 atom stereocenters. The van der Waals surface area contributed by atoms with Crippen LogP contribution in [0.15, 0.2) is 18.3 Å². The minimum Gasteiger partial charge on any atom is -0.331 e. The van der Waals surface area contributed by atoms with E-state index in [-0.39, 0.29) is 12.5 Å². The van der Waals surface area contributed by atoms with E-state index in [9.17, 15) is 18.0 Å². The Hall–Kier alpha value is -3.70. The molecule has 4 aromatic heterocycles. The summed E-state index contributed by atoms with van der Waals surface area (Å²) in [6, 6.07) is 2.92. The summed E-state index contributed by atoms with van der Waals surface area (Å²) in [5.41, 5.74) is 4.03. The largest absolute Gasteiger partial charge is 0.435 e. The van der Waals surface area contributed by atoms with Crippen molar-refractivity contribution in [2.24, 2.45) is 21.1 Å². The number of hydrogen-bond donors (Lipinski definition) is 0. The topological polar surface area (TPSA) is 86.7 Å². The third-order valence-corrected chi connectivity index (χ3v) is 6.03. The Balaban J connectivity index is 1.47. The van der Waals surface area contributed by atoms with Gasteiger partial charge >= 0.3 is 6.18 Å². The molecule has 0 aliphatic carbocycles. The van der Waals surface area contributed by atoms with Gasteiger partial charge in [-0.05, 0) is 31.0 Å². The number of rotatable bonds is 2. The van der Waals surface area contributed by atoms with E-state index in [1.54, 1.807) is 27.5 Å². The number of hydrogen-bond acceptors (Lipinski definition) is 5. The Labute approximate surface area is 186 Å². The number of aryl methyl sites for hydroxylation is 4. The molecule has 33 heavy (non-hydrogen) atoms. The number of amides is 1. The first-order valence-corrected chi connectivity index (χ1v) is 10.3. The second-order valence-electron chi connectivity index (χ2n) is 8.24. The first-order valence-electron chi connectivity index (χ1n) is 10.3. The number of halogens is 3. The summed E-state index contributed by atoms with van der Waals surface area (Å²) in [5.74, 6) is -0.212. The molecular weight excluding hydrogens is 437 g/mol. The molecule has 0 unspecified atom stereocenters. The Morgan fingerprint density at radius 2 is 1.82 bits per heavy atom. The van der Waals surface area contributed by atoms with Crippen LogP contribution in [-0.2, 0) is 40.3 Å². The van der Waals surface area contributed by atoms with Crippen molar-refractivity contribution in [1.82, 2.24) is 39.2 Å². The van der Waals surface area contributed by atoms with Gasteiger partial charge in [-0.2, -0.15) is 28.5 Å². The van der Waals surface area contributed by atoms with Crippen LogP contribution in [-0.4, -0.2) is 51.7 Å². The van der Waals surface area contributed by atoms with Gasteiger partial charge in [0.2, 0.25) is 0 Å². The highest BCUT2D eigenvalue weighted by atomic mass is 19.4. The summed E-state index contributed by atoms with van der Waals surface area (Å²) in [6.07, 6.45) is -2.45. The molecule has 172 valence electrons. The maximum Gasteiger partial charge on any atom is 0.435 e. The van der Waals surface area contributed by atoms with Gasteiger partial charge in [0.15, 0.2) is 5.69 Å². The fourth-order valence-corrected chi connectivity index (χ4v) is 4.38. The molecule has 12 heteroatoms. The van der Waals surface area contributed by atoms with Crippen molar-refractivity contribution in [3.05, 3.63) is 46.5 Å². The molecule has 9 nitrogen and oxygen atoms in total. The minimum atomic E-state index is -4.53. The van der Waals surface area contributed by atoms with Crippen molar-refractivity contribution in [3.63, 3.8) is 0 Å². The summed E-state index contributed by atoms with van der Waals surface area (Å²) in [5, 5.41) is 12.3. The quantitative estimate of drug-likeness (QED) is 0.461. The third kappa shape index (κ3) is 3.36. The lowest BCUT2D eigenvalue weighted by molar-refractivity contribution is -0.141. The molecule has 1 aliphatic rings. The highest BCUT2D eigenvalue weighted by Crippen LogP contribution is 2.35. The molecule has 0 bridgehead atoms. The predicted molar refractivity (Wildman–Crippen MR) is 112 cm³/mol. The molecule has 5 heterocycles. The van der Waals surface area contributed by atoms with E-state index in [1.807, 2.05) is 20.0 Å². The van der Waals surface area contributed by atoms with E-state index in [0.29, 0.717) is 41.3 Å². The number of carbonyl (C=O) groups excluding carboxylic acids is 1. The Bertz CT molecular complexity index is 1410. The van der Waals surface area contributed by atoms with Gasteiger partial charge in [-0.25, -0.2) is 4.98 Å². The number of pyridine rings is 1. The first kappa shape index (κ1) is 21.2. The standard InChI is InChI=1S/C21H21F3N8O/c1-11-7-15-13(9-25-29(15)2)26-18(11)20(33)32-6-5-12-14(10-32)27-31(4)19(12)16-8-17(21(22,23)24)28-30(16)3/h7-9H,5-6,10H2,1-4H3. The van der Waals surface area contributed by atoms with Crippen LogP contribution in [0.3, 0.4) is 0 Å². The molecule has 0 radical (unpaired) electrons. The van der Waals surface area contributed by atoms with Crippen LogP contribution >= 0.6 is 0 Å². The number of carbonyl (C=O) groups is 1. The highest BCUT2D eigenvalue weighted by molar-refractivity contribution is 5.96. The molecule has 0 saturated carbocycles. The average molecular weight is 458 g/mol. The zero-order chi connectivity index (χ0) is 23.7. The lowest BCUT2D eigenvalue weighted by atomic mass is 10.0. The van der Waals surface area contributed by atoms with Crippen molar-refractivity contribution in [1.29, 1.82) is 0 Å². The van der Waals surface area contributed by atoms with Crippen LogP contribution in [0.25, 0.3) is 22.4 Å². The third-order valence-electron chi connectivity index (χ3n) is 6.03. The molecule has 5 rings (SSSR count). The second-order valence-corrected chi connectivity index (χ2v) is 8.24. The van der Waals surface area contributed by atoms with Gasteiger partial charge in [0, 0.05) is 33.3 Å². The maximum atomic E-state index is 13.3. The predicted octanol–water partition coefficient (Wildman–Crippen LogP) is 2.63. The van der Waals surface area contributed by atoms with Crippen LogP contribution in [0, 0.1) is 6.92 Å². The lowest BCUT2D eigenvalue weighted by Crippen LogP contribution is -2.36. The smallest absolute Gasteiger partial charge is 0.331 e. The zero-order valence-electron chi connectivity index (χ0n) is 18.5. The second kappa shape index (κ2) is 7.15. The van der Waals surface area contributed by atoms with Crippen LogP contribution in [0.4, 0.5) is 13.2 Å².